The van der Waals surface area contributed by atoms with Gasteiger partial charge in [0.1, 0.15) is 0 Å². The highest BCUT2D eigenvalue weighted by Crippen LogP contribution is 2.50. The maximum absolute atomic E-state index is 14.6. The molecule has 1 atom stereocenters. The van der Waals surface area contributed by atoms with Gasteiger partial charge in [0.25, 0.3) is 5.56 Å². The molecule has 0 radical (unpaired) electrons. The molecule has 6 rings (SSSR count). The third-order valence-electron chi connectivity index (χ3n) is 9.78. The Labute approximate surface area is 264 Å². The molecule has 1 aliphatic heterocycles. The number of esters is 1. The molecule has 2 aromatic carbocycles. The van der Waals surface area contributed by atoms with Crippen LogP contribution in [0.3, 0.4) is 0 Å². The number of hydrogen-bond acceptors (Lipinski definition) is 6. The average Bonchev–Trinajstić information content (AvgIpc) is 3.69. The average molecular weight is 609 g/mol. The van der Waals surface area contributed by atoms with Crippen LogP contribution in [0.5, 0.6) is 0 Å². The van der Waals surface area contributed by atoms with Gasteiger partial charge in [0.05, 0.1) is 24.6 Å². The van der Waals surface area contributed by atoms with Crippen molar-refractivity contribution in [3.63, 3.8) is 0 Å². The molecule has 45 heavy (non-hydrogen) atoms. The van der Waals surface area contributed by atoms with Gasteiger partial charge in [-0.25, -0.2) is 4.68 Å². The maximum atomic E-state index is 14.6. The third kappa shape index (κ3) is 5.80. The van der Waals surface area contributed by atoms with Gasteiger partial charge in [-0.2, -0.15) is 5.21 Å². The standard InChI is InChI=1S/C36H44N6O3/c1-4-6-8-15-31-30(24-26-16-18-27(19-17-26)28-13-9-10-14-29(28)33-37-39-40-38-33)34(43)42-32(25(3)20-23-41(31)42)36(35(44)45-5-2)21-11-7-12-22-36/h9-10,13-14,16-20,32H,4-8,11-12,15,21-24H2,1-3H3,(H,37,38,39,40). The Kier molecular flexibility index (Phi) is 9.14. The summed E-state index contributed by atoms with van der Waals surface area (Å²) in [4.78, 5) is 28.3. The smallest absolute Gasteiger partial charge is 0.314 e. The number of aromatic amines is 1. The number of ether oxygens (including phenoxy) is 1. The Morgan fingerprint density at radius 2 is 1.78 bits per heavy atom. The summed E-state index contributed by atoms with van der Waals surface area (Å²) in [5.74, 6) is 0.394. The zero-order valence-electron chi connectivity index (χ0n) is 26.7. The normalized spacial score (nSPS) is 17.5. The number of H-pyrrole nitrogens is 1. The highest BCUT2D eigenvalue weighted by atomic mass is 16.5. The SMILES string of the molecule is CCCCCc1c(Cc2ccc(-c3ccccc3-c3nn[nH]n3)cc2)c(=O)n2n1CC=C(C)C2C1(C(=O)OCC)CCCCC1. The van der Waals surface area contributed by atoms with Gasteiger partial charge in [-0.05, 0) is 67.0 Å². The number of nitrogens with one attached hydrogen (secondary N) is 1. The van der Waals surface area contributed by atoms with E-state index in [0.717, 1.165) is 96.9 Å². The summed E-state index contributed by atoms with van der Waals surface area (Å²) in [6, 6.07) is 16.1. The third-order valence-corrected chi connectivity index (χ3v) is 9.78. The fourth-order valence-corrected chi connectivity index (χ4v) is 7.58. The molecule has 1 aliphatic carbocycles. The van der Waals surface area contributed by atoms with Crippen molar-refractivity contribution in [2.24, 2.45) is 5.41 Å². The first kappa shape index (κ1) is 30.7. The van der Waals surface area contributed by atoms with E-state index < -0.39 is 5.41 Å². The van der Waals surface area contributed by atoms with Crippen LogP contribution in [-0.2, 0) is 28.9 Å². The number of hydrogen-bond donors (Lipinski definition) is 1. The minimum atomic E-state index is -0.721. The molecule has 1 unspecified atom stereocenters. The molecular formula is C36H44N6O3. The molecular weight excluding hydrogens is 564 g/mol. The molecule has 0 saturated heterocycles. The minimum Gasteiger partial charge on any atom is -0.465 e. The van der Waals surface area contributed by atoms with Crippen molar-refractivity contribution in [2.75, 3.05) is 6.61 Å². The molecule has 0 spiro atoms. The fourth-order valence-electron chi connectivity index (χ4n) is 7.58. The van der Waals surface area contributed by atoms with Gasteiger partial charge in [-0.3, -0.25) is 14.3 Å². The summed E-state index contributed by atoms with van der Waals surface area (Å²) in [6.07, 6.45) is 11.4. The molecule has 4 aromatic rings. The van der Waals surface area contributed by atoms with Gasteiger partial charge in [0, 0.05) is 23.2 Å². The number of rotatable bonds is 11. The van der Waals surface area contributed by atoms with Crippen LogP contribution in [0.1, 0.15) is 95.0 Å². The van der Waals surface area contributed by atoms with E-state index in [4.69, 9.17) is 4.74 Å². The fraction of sp³-hybridized carbons (Fsp3) is 0.472. The van der Waals surface area contributed by atoms with Crippen molar-refractivity contribution in [3.05, 3.63) is 87.4 Å². The summed E-state index contributed by atoms with van der Waals surface area (Å²) in [5.41, 5.74) is 6.39. The zero-order chi connectivity index (χ0) is 31.4. The van der Waals surface area contributed by atoms with Crippen molar-refractivity contribution >= 4 is 5.97 Å². The Morgan fingerprint density at radius 3 is 2.47 bits per heavy atom. The highest BCUT2D eigenvalue weighted by Gasteiger charge is 2.51. The number of carbonyl (C=O) groups is 1. The number of aromatic nitrogens is 6. The second kappa shape index (κ2) is 13.4. The molecule has 1 N–H and O–H groups in total. The Bertz CT molecular complexity index is 1710. The minimum absolute atomic E-state index is 0.0275. The molecule has 9 nitrogen and oxygen atoms in total. The molecule has 0 amide bonds. The molecule has 236 valence electrons. The molecule has 9 heteroatoms. The molecule has 2 aliphatic rings. The Morgan fingerprint density at radius 1 is 1.02 bits per heavy atom. The van der Waals surface area contributed by atoms with E-state index in [9.17, 15) is 9.59 Å². The lowest BCUT2D eigenvalue weighted by molar-refractivity contribution is -0.161. The van der Waals surface area contributed by atoms with E-state index in [1.165, 1.54) is 0 Å². The molecule has 0 bridgehead atoms. The first-order valence-electron chi connectivity index (χ1n) is 16.6. The zero-order valence-corrected chi connectivity index (χ0v) is 26.7. The second-order valence-corrected chi connectivity index (χ2v) is 12.6. The summed E-state index contributed by atoms with van der Waals surface area (Å²) >= 11 is 0. The van der Waals surface area contributed by atoms with Gasteiger partial charge < -0.3 is 4.74 Å². The summed E-state index contributed by atoms with van der Waals surface area (Å²) in [5, 5.41) is 14.6. The summed E-state index contributed by atoms with van der Waals surface area (Å²) < 4.78 is 9.87. The predicted octanol–water partition coefficient (Wildman–Crippen LogP) is 6.84. The number of carbonyl (C=O) groups excluding carboxylic acids is 1. The van der Waals surface area contributed by atoms with Gasteiger partial charge in [-0.15, -0.1) is 10.2 Å². The van der Waals surface area contributed by atoms with Crippen LogP contribution in [0.25, 0.3) is 22.5 Å². The van der Waals surface area contributed by atoms with E-state index >= 15 is 0 Å². The number of unbranched alkanes of at least 4 members (excludes halogenated alkanes) is 2. The van der Waals surface area contributed by atoms with Gasteiger partial charge in [0.2, 0.25) is 5.82 Å². The van der Waals surface area contributed by atoms with Crippen molar-refractivity contribution in [3.8, 4) is 22.5 Å². The summed E-state index contributed by atoms with van der Waals surface area (Å²) in [7, 11) is 0. The predicted molar refractivity (Wildman–Crippen MR) is 175 cm³/mol. The topological polar surface area (TPSA) is 108 Å². The van der Waals surface area contributed by atoms with Crippen LogP contribution in [0, 0.1) is 5.41 Å². The van der Waals surface area contributed by atoms with E-state index in [0.29, 0.717) is 25.4 Å². The van der Waals surface area contributed by atoms with E-state index in [1.807, 2.05) is 29.8 Å². The largest absolute Gasteiger partial charge is 0.465 e. The Hall–Kier alpha value is -4.27. The maximum Gasteiger partial charge on any atom is 0.314 e. The number of fused-ring (bicyclic) bond motifs is 1. The molecule has 1 saturated carbocycles. The van der Waals surface area contributed by atoms with Crippen molar-refractivity contribution in [2.45, 2.75) is 97.6 Å². The number of benzene rings is 2. The first-order valence-corrected chi connectivity index (χ1v) is 16.6. The van der Waals surface area contributed by atoms with Crippen molar-refractivity contribution in [1.82, 2.24) is 30.0 Å². The van der Waals surface area contributed by atoms with Crippen LogP contribution in [0.2, 0.25) is 0 Å². The second-order valence-electron chi connectivity index (χ2n) is 12.6. The van der Waals surface area contributed by atoms with Crippen molar-refractivity contribution in [1.29, 1.82) is 0 Å². The van der Waals surface area contributed by atoms with Gasteiger partial charge >= 0.3 is 5.97 Å². The van der Waals surface area contributed by atoms with Crippen LogP contribution in [-0.4, -0.2) is 42.6 Å². The van der Waals surface area contributed by atoms with Crippen LogP contribution < -0.4 is 5.56 Å². The van der Waals surface area contributed by atoms with E-state index in [-0.39, 0.29) is 17.6 Å². The van der Waals surface area contributed by atoms with Gasteiger partial charge in [-0.1, -0.05) is 93.6 Å². The van der Waals surface area contributed by atoms with Crippen LogP contribution in [0.4, 0.5) is 0 Å². The quantitative estimate of drug-likeness (QED) is 0.114. The molecule has 2 aromatic heterocycles. The lowest BCUT2D eigenvalue weighted by atomic mass is 9.66. The summed E-state index contributed by atoms with van der Waals surface area (Å²) in [6.45, 7) is 7.14. The number of allylic oxidation sites excluding steroid dienone is 2. The Balaban J connectivity index is 1.39. The lowest BCUT2D eigenvalue weighted by Gasteiger charge is -2.44. The van der Waals surface area contributed by atoms with Crippen LogP contribution >= 0.6 is 0 Å². The van der Waals surface area contributed by atoms with Crippen molar-refractivity contribution < 1.29 is 9.53 Å². The van der Waals surface area contributed by atoms with E-state index in [1.54, 1.807) is 0 Å². The highest BCUT2D eigenvalue weighted by molar-refractivity contribution is 5.80. The molecule has 1 fully saturated rings. The lowest BCUT2D eigenvalue weighted by Crippen LogP contribution is -2.48. The first-order chi connectivity index (χ1) is 22.0. The number of tetrazole rings is 1. The monoisotopic (exact) mass is 608 g/mol. The molecule has 3 heterocycles. The number of nitrogens with zero attached hydrogens (tertiary/aromatic N) is 5. The van der Waals surface area contributed by atoms with Crippen LogP contribution in [0.15, 0.2) is 65.0 Å². The van der Waals surface area contributed by atoms with Gasteiger partial charge in [0.15, 0.2) is 0 Å². The van der Waals surface area contributed by atoms with E-state index in [2.05, 4.69) is 75.6 Å².